The van der Waals surface area contributed by atoms with Crippen LogP contribution in [0.15, 0.2) is 29.2 Å². The van der Waals surface area contributed by atoms with Crippen molar-refractivity contribution in [2.75, 3.05) is 12.8 Å². The van der Waals surface area contributed by atoms with Gasteiger partial charge in [-0.2, -0.15) is 12.6 Å². The van der Waals surface area contributed by atoms with Gasteiger partial charge in [-0.1, -0.05) is 26.0 Å². The van der Waals surface area contributed by atoms with E-state index in [9.17, 15) is 0 Å². The Morgan fingerprint density at radius 1 is 1.27 bits per heavy atom. The molecule has 0 spiro atoms. The molecule has 1 nitrogen and oxygen atoms in total. The number of thioether (sulfide) groups is 1. The van der Waals surface area contributed by atoms with Crippen LogP contribution in [0, 0.1) is 0 Å². The second-order valence-corrected chi connectivity index (χ2v) is 5.77. The average molecular weight is 241 g/mol. The van der Waals surface area contributed by atoms with Gasteiger partial charge in [-0.05, 0) is 24.7 Å². The summed E-state index contributed by atoms with van der Waals surface area (Å²) >= 11 is 6.22. The lowest BCUT2D eigenvalue weighted by Crippen LogP contribution is -2.17. The summed E-state index contributed by atoms with van der Waals surface area (Å²) in [6.07, 6.45) is 0. The molecule has 0 aromatic heterocycles. The van der Waals surface area contributed by atoms with Gasteiger partial charge in [-0.25, -0.2) is 0 Å². The van der Waals surface area contributed by atoms with E-state index in [1.165, 1.54) is 10.5 Å². The molecule has 0 heterocycles. The molecule has 0 aliphatic rings. The van der Waals surface area contributed by atoms with Gasteiger partial charge >= 0.3 is 0 Å². The van der Waals surface area contributed by atoms with E-state index < -0.39 is 0 Å². The SMILES string of the molecule is CNC(CS)c1ccc(SC(C)C)cc1. The van der Waals surface area contributed by atoms with E-state index in [-0.39, 0.29) is 0 Å². The first-order valence-electron chi connectivity index (χ1n) is 5.22. The smallest absolute Gasteiger partial charge is 0.0406 e. The monoisotopic (exact) mass is 241 g/mol. The summed E-state index contributed by atoms with van der Waals surface area (Å²) in [5, 5.41) is 3.88. The maximum absolute atomic E-state index is 4.32. The first-order valence-corrected chi connectivity index (χ1v) is 6.73. The molecule has 0 fully saturated rings. The molecular formula is C12H19NS2. The Morgan fingerprint density at radius 3 is 2.27 bits per heavy atom. The molecule has 0 aliphatic carbocycles. The zero-order valence-corrected chi connectivity index (χ0v) is 11.2. The lowest BCUT2D eigenvalue weighted by atomic mass is 10.1. The number of thiol groups is 1. The topological polar surface area (TPSA) is 12.0 Å². The number of benzene rings is 1. The number of hydrogen-bond acceptors (Lipinski definition) is 3. The van der Waals surface area contributed by atoms with Gasteiger partial charge < -0.3 is 5.32 Å². The largest absolute Gasteiger partial charge is 0.312 e. The lowest BCUT2D eigenvalue weighted by Gasteiger charge is -2.14. The van der Waals surface area contributed by atoms with Crippen LogP contribution in [-0.2, 0) is 0 Å². The fourth-order valence-corrected chi connectivity index (χ4v) is 2.65. The first-order chi connectivity index (χ1) is 7.17. The molecule has 0 aliphatic heterocycles. The summed E-state index contributed by atoms with van der Waals surface area (Å²) in [6, 6.07) is 9.10. The predicted molar refractivity (Wildman–Crippen MR) is 73.1 cm³/mol. The van der Waals surface area contributed by atoms with Crippen LogP contribution in [0.5, 0.6) is 0 Å². The van der Waals surface area contributed by atoms with Crippen molar-refractivity contribution in [2.24, 2.45) is 0 Å². The maximum Gasteiger partial charge on any atom is 0.0406 e. The zero-order valence-electron chi connectivity index (χ0n) is 9.53. The van der Waals surface area contributed by atoms with Gasteiger partial charge in [0, 0.05) is 21.9 Å². The standard InChI is InChI=1S/C12H19NS2/c1-9(2)15-11-6-4-10(5-7-11)12(8-14)13-3/h4-7,9,12-14H,8H2,1-3H3. The van der Waals surface area contributed by atoms with E-state index in [1.54, 1.807) is 0 Å². The fraction of sp³-hybridized carbons (Fsp3) is 0.500. The third-order valence-electron chi connectivity index (χ3n) is 2.19. The van der Waals surface area contributed by atoms with Crippen molar-refractivity contribution in [1.82, 2.24) is 5.32 Å². The molecule has 3 heteroatoms. The van der Waals surface area contributed by atoms with Crippen LogP contribution >= 0.6 is 24.4 Å². The molecule has 1 aromatic carbocycles. The average Bonchev–Trinajstić information content (AvgIpc) is 2.21. The molecule has 0 amide bonds. The van der Waals surface area contributed by atoms with E-state index in [0.717, 1.165) is 5.75 Å². The van der Waals surface area contributed by atoms with Gasteiger partial charge in [0.05, 0.1) is 0 Å². The highest BCUT2D eigenvalue weighted by Gasteiger charge is 2.06. The molecule has 84 valence electrons. The molecule has 0 radical (unpaired) electrons. The minimum atomic E-state index is 0.353. The molecule has 0 bridgehead atoms. The molecule has 1 N–H and O–H groups in total. The predicted octanol–water partition coefficient (Wildman–Crippen LogP) is 3.38. The summed E-state index contributed by atoms with van der Waals surface area (Å²) in [7, 11) is 1.97. The number of hydrogen-bond donors (Lipinski definition) is 2. The van der Waals surface area contributed by atoms with Crippen molar-refractivity contribution >= 4 is 24.4 Å². The summed E-state index contributed by atoms with van der Waals surface area (Å²) in [5.74, 6) is 0.827. The van der Waals surface area contributed by atoms with E-state index in [0.29, 0.717) is 11.3 Å². The molecule has 0 saturated carbocycles. The van der Waals surface area contributed by atoms with E-state index >= 15 is 0 Å². The van der Waals surface area contributed by atoms with Crippen LogP contribution in [0.3, 0.4) is 0 Å². The number of nitrogens with one attached hydrogen (secondary N) is 1. The fourth-order valence-electron chi connectivity index (χ4n) is 1.41. The Morgan fingerprint density at radius 2 is 1.87 bits per heavy atom. The van der Waals surface area contributed by atoms with Crippen molar-refractivity contribution in [3.05, 3.63) is 29.8 Å². The summed E-state index contributed by atoms with van der Waals surface area (Å²) < 4.78 is 0. The van der Waals surface area contributed by atoms with E-state index in [4.69, 9.17) is 0 Å². The van der Waals surface area contributed by atoms with Crippen LogP contribution in [0.1, 0.15) is 25.5 Å². The zero-order chi connectivity index (χ0) is 11.3. The molecule has 1 unspecified atom stereocenters. The van der Waals surface area contributed by atoms with Crippen molar-refractivity contribution in [3.8, 4) is 0 Å². The Balaban J connectivity index is 2.71. The molecule has 15 heavy (non-hydrogen) atoms. The highest BCUT2D eigenvalue weighted by atomic mass is 32.2. The summed E-state index contributed by atoms with van der Waals surface area (Å²) in [6.45, 7) is 4.42. The molecule has 1 aromatic rings. The third kappa shape index (κ3) is 4.09. The highest BCUT2D eigenvalue weighted by Crippen LogP contribution is 2.24. The minimum absolute atomic E-state index is 0.353. The van der Waals surface area contributed by atoms with Crippen LogP contribution in [0.2, 0.25) is 0 Å². The molecular weight excluding hydrogens is 222 g/mol. The van der Waals surface area contributed by atoms with Crippen molar-refractivity contribution < 1.29 is 0 Å². The van der Waals surface area contributed by atoms with Crippen molar-refractivity contribution in [2.45, 2.75) is 30.0 Å². The Hall–Kier alpha value is -0.120. The minimum Gasteiger partial charge on any atom is -0.312 e. The van der Waals surface area contributed by atoms with Crippen LogP contribution in [-0.4, -0.2) is 18.1 Å². The summed E-state index contributed by atoms with van der Waals surface area (Å²) in [5.41, 5.74) is 1.31. The van der Waals surface area contributed by atoms with Gasteiger partial charge in [-0.15, -0.1) is 11.8 Å². The maximum atomic E-state index is 4.32. The van der Waals surface area contributed by atoms with Crippen molar-refractivity contribution in [3.63, 3.8) is 0 Å². The van der Waals surface area contributed by atoms with Crippen molar-refractivity contribution in [1.29, 1.82) is 0 Å². The van der Waals surface area contributed by atoms with Crippen LogP contribution < -0.4 is 5.32 Å². The van der Waals surface area contributed by atoms with Gasteiger partial charge in [-0.3, -0.25) is 0 Å². The Kier molecular flexibility index (Phi) is 5.58. The quantitative estimate of drug-likeness (QED) is 0.605. The highest BCUT2D eigenvalue weighted by molar-refractivity contribution is 7.99. The van der Waals surface area contributed by atoms with Crippen LogP contribution in [0.4, 0.5) is 0 Å². The van der Waals surface area contributed by atoms with E-state index in [1.807, 2.05) is 18.8 Å². The molecule has 1 atom stereocenters. The Bertz CT molecular complexity index is 278. The third-order valence-corrected chi connectivity index (χ3v) is 3.57. The first kappa shape index (κ1) is 12.9. The van der Waals surface area contributed by atoms with Crippen LogP contribution in [0.25, 0.3) is 0 Å². The number of rotatable bonds is 5. The van der Waals surface area contributed by atoms with Gasteiger partial charge in [0.1, 0.15) is 0 Å². The summed E-state index contributed by atoms with van der Waals surface area (Å²) in [4.78, 5) is 1.34. The van der Waals surface area contributed by atoms with E-state index in [2.05, 4.69) is 56.1 Å². The second kappa shape index (κ2) is 6.46. The van der Waals surface area contributed by atoms with Gasteiger partial charge in [0.15, 0.2) is 0 Å². The lowest BCUT2D eigenvalue weighted by molar-refractivity contribution is 0.663. The van der Waals surface area contributed by atoms with Gasteiger partial charge in [0.2, 0.25) is 0 Å². The Labute approximate surface area is 102 Å². The second-order valence-electron chi connectivity index (χ2n) is 3.76. The molecule has 1 rings (SSSR count). The normalized spacial score (nSPS) is 13.1. The molecule has 0 saturated heterocycles. The van der Waals surface area contributed by atoms with Gasteiger partial charge in [0.25, 0.3) is 0 Å².